The minimum atomic E-state index is -0.106. The molecule has 0 spiro atoms. The number of amides is 1. The Balaban J connectivity index is 1.52. The van der Waals surface area contributed by atoms with Crippen molar-refractivity contribution in [3.05, 3.63) is 65.2 Å². The quantitative estimate of drug-likeness (QED) is 0.702. The first-order chi connectivity index (χ1) is 14.2. The van der Waals surface area contributed by atoms with Crippen molar-refractivity contribution in [1.29, 1.82) is 0 Å². The Bertz CT molecular complexity index is 787. The Morgan fingerprint density at radius 2 is 1.79 bits per heavy atom. The first-order valence-electron chi connectivity index (χ1n) is 10.5. The van der Waals surface area contributed by atoms with Crippen molar-refractivity contribution in [2.45, 2.75) is 39.3 Å². The van der Waals surface area contributed by atoms with E-state index in [1.807, 2.05) is 24.3 Å². The summed E-state index contributed by atoms with van der Waals surface area (Å²) in [6.45, 7) is 9.22. The standard InChI is InChI=1S/C24H32N2O3/c1-3-19(2)22-10-6-7-11-23(22)29-18-24(27)25-16-20-8-4-5-9-21(20)17-26-12-14-28-15-13-26/h4-11,19H,3,12-18H2,1-2H3,(H,25,27). The van der Waals surface area contributed by atoms with Crippen molar-refractivity contribution >= 4 is 5.91 Å². The fraction of sp³-hybridized carbons (Fsp3) is 0.458. The van der Waals surface area contributed by atoms with Crippen LogP contribution in [0.15, 0.2) is 48.5 Å². The van der Waals surface area contributed by atoms with Gasteiger partial charge in [-0.25, -0.2) is 0 Å². The van der Waals surface area contributed by atoms with Crippen LogP contribution in [0.5, 0.6) is 5.75 Å². The van der Waals surface area contributed by atoms with Gasteiger partial charge in [0.05, 0.1) is 13.2 Å². The summed E-state index contributed by atoms with van der Waals surface area (Å²) in [7, 11) is 0. The summed E-state index contributed by atoms with van der Waals surface area (Å²) >= 11 is 0. The minimum absolute atomic E-state index is 0.0269. The number of carbonyl (C=O) groups excluding carboxylic acids is 1. The number of benzene rings is 2. The number of para-hydroxylation sites is 1. The van der Waals surface area contributed by atoms with E-state index < -0.39 is 0 Å². The van der Waals surface area contributed by atoms with E-state index in [9.17, 15) is 4.79 Å². The average Bonchev–Trinajstić information content (AvgIpc) is 2.77. The van der Waals surface area contributed by atoms with E-state index >= 15 is 0 Å². The maximum absolute atomic E-state index is 12.4. The van der Waals surface area contributed by atoms with E-state index in [-0.39, 0.29) is 12.5 Å². The van der Waals surface area contributed by atoms with Gasteiger partial charge in [0.25, 0.3) is 5.91 Å². The van der Waals surface area contributed by atoms with Crippen molar-refractivity contribution in [3.63, 3.8) is 0 Å². The van der Waals surface area contributed by atoms with Gasteiger partial charge in [0, 0.05) is 26.2 Å². The summed E-state index contributed by atoms with van der Waals surface area (Å²) in [5.74, 6) is 1.09. The third kappa shape index (κ3) is 6.31. The molecule has 1 aliphatic heterocycles. The van der Waals surface area contributed by atoms with E-state index in [0.717, 1.165) is 56.1 Å². The van der Waals surface area contributed by atoms with Gasteiger partial charge in [-0.3, -0.25) is 9.69 Å². The molecule has 2 aromatic carbocycles. The Morgan fingerprint density at radius 1 is 1.10 bits per heavy atom. The van der Waals surface area contributed by atoms with E-state index in [0.29, 0.717) is 12.5 Å². The van der Waals surface area contributed by atoms with Crippen LogP contribution in [0.3, 0.4) is 0 Å². The molecule has 3 rings (SSSR count). The summed E-state index contributed by atoms with van der Waals surface area (Å²) < 4.78 is 11.3. The summed E-state index contributed by atoms with van der Waals surface area (Å²) in [6, 6.07) is 16.3. The van der Waals surface area contributed by atoms with Crippen LogP contribution in [0.4, 0.5) is 0 Å². The number of carbonyl (C=O) groups is 1. The molecule has 1 N–H and O–H groups in total. The lowest BCUT2D eigenvalue weighted by Crippen LogP contribution is -2.36. The zero-order valence-corrected chi connectivity index (χ0v) is 17.5. The molecule has 0 aromatic heterocycles. The van der Waals surface area contributed by atoms with E-state index in [2.05, 4.69) is 48.3 Å². The molecule has 1 heterocycles. The third-order valence-corrected chi connectivity index (χ3v) is 5.51. The summed E-state index contributed by atoms with van der Waals surface area (Å²) in [4.78, 5) is 14.8. The molecule has 5 heteroatoms. The van der Waals surface area contributed by atoms with Gasteiger partial charge >= 0.3 is 0 Å². The van der Waals surface area contributed by atoms with Crippen LogP contribution in [0, 0.1) is 0 Å². The molecular weight excluding hydrogens is 364 g/mol. The van der Waals surface area contributed by atoms with Crippen LogP contribution in [0.1, 0.15) is 42.9 Å². The number of ether oxygens (including phenoxy) is 2. The molecule has 1 aliphatic rings. The zero-order chi connectivity index (χ0) is 20.5. The Labute approximate surface area is 174 Å². The molecule has 1 saturated heterocycles. The molecule has 0 saturated carbocycles. The van der Waals surface area contributed by atoms with Crippen molar-refractivity contribution in [3.8, 4) is 5.75 Å². The molecule has 1 atom stereocenters. The highest BCUT2D eigenvalue weighted by Crippen LogP contribution is 2.28. The molecule has 2 aromatic rings. The zero-order valence-electron chi connectivity index (χ0n) is 17.5. The van der Waals surface area contributed by atoms with Gasteiger partial charge in [0.15, 0.2) is 6.61 Å². The van der Waals surface area contributed by atoms with Crippen molar-refractivity contribution in [1.82, 2.24) is 10.2 Å². The molecule has 0 radical (unpaired) electrons. The molecule has 29 heavy (non-hydrogen) atoms. The molecule has 5 nitrogen and oxygen atoms in total. The Morgan fingerprint density at radius 3 is 2.55 bits per heavy atom. The number of nitrogens with one attached hydrogen (secondary N) is 1. The second-order valence-corrected chi connectivity index (χ2v) is 7.57. The fourth-order valence-corrected chi connectivity index (χ4v) is 3.51. The highest BCUT2D eigenvalue weighted by atomic mass is 16.5. The van der Waals surface area contributed by atoms with Crippen molar-refractivity contribution in [2.24, 2.45) is 0 Å². The molecule has 0 aliphatic carbocycles. The monoisotopic (exact) mass is 396 g/mol. The maximum Gasteiger partial charge on any atom is 0.258 e. The molecule has 1 unspecified atom stereocenters. The predicted molar refractivity (Wildman–Crippen MR) is 115 cm³/mol. The number of nitrogens with zero attached hydrogens (tertiary/aromatic N) is 1. The van der Waals surface area contributed by atoms with Crippen LogP contribution in [-0.2, 0) is 22.6 Å². The number of hydrogen-bond acceptors (Lipinski definition) is 4. The topological polar surface area (TPSA) is 50.8 Å². The normalized spacial score (nSPS) is 15.7. The first kappa shape index (κ1) is 21.3. The molecule has 1 amide bonds. The van der Waals surface area contributed by atoms with E-state index in [1.54, 1.807) is 0 Å². The van der Waals surface area contributed by atoms with Crippen LogP contribution >= 0.6 is 0 Å². The first-order valence-corrected chi connectivity index (χ1v) is 10.5. The highest BCUT2D eigenvalue weighted by molar-refractivity contribution is 5.77. The summed E-state index contributed by atoms with van der Waals surface area (Å²) in [6.07, 6.45) is 1.03. The smallest absolute Gasteiger partial charge is 0.258 e. The number of hydrogen-bond donors (Lipinski definition) is 1. The number of morpholine rings is 1. The van der Waals surface area contributed by atoms with Gasteiger partial charge in [0.2, 0.25) is 0 Å². The summed E-state index contributed by atoms with van der Waals surface area (Å²) in [5.41, 5.74) is 3.55. The molecular formula is C24H32N2O3. The lowest BCUT2D eigenvalue weighted by Gasteiger charge is -2.27. The minimum Gasteiger partial charge on any atom is -0.483 e. The van der Waals surface area contributed by atoms with E-state index in [1.165, 1.54) is 5.56 Å². The Hall–Kier alpha value is -2.37. The van der Waals surface area contributed by atoms with Crippen molar-refractivity contribution in [2.75, 3.05) is 32.9 Å². The van der Waals surface area contributed by atoms with Gasteiger partial charge in [0.1, 0.15) is 5.75 Å². The van der Waals surface area contributed by atoms with Crippen LogP contribution < -0.4 is 10.1 Å². The Kier molecular flexibility index (Phi) is 8.08. The average molecular weight is 397 g/mol. The number of rotatable bonds is 9. The van der Waals surface area contributed by atoms with Gasteiger partial charge in [-0.15, -0.1) is 0 Å². The lowest BCUT2D eigenvalue weighted by molar-refractivity contribution is -0.123. The van der Waals surface area contributed by atoms with Gasteiger partial charge in [-0.1, -0.05) is 56.3 Å². The molecule has 156 valence electrons. The van der Waals surface area contributed by atoms with Crippen LogP contribution in [-0.4, -0.2) is 43.7 Å². The van der Waals surface area contributed by atoms with Crippen LogP contribution in [0.25, 0.3) is 0 Å². The van der Waals surface area contributed by atoms with Crippen LogP contribution in [0.2, 0.25) is 0 Å². The second kappa shape index (κ2) is 11.0. The van der Waals surface area contributed by atoms with Gasteiger partial charge in [-0.05, 0) is 35.1 Å². The van der Waals surface area contributed by atoms with Crippen molar-refractivity contribution < 1.29 is 14.3 Å². The second-order valence-electron chi connectivity index (χ2n) is 7.57. The molecule has 0 bridgehead atoms. The fourth-order valence-electron chi connectivity index (χ4n) is 3.51. The SMILES string of the molecule is CCC(C)c1ccccc1OCC(=O)NCc1ccccc1CN1CCOCC1. The third-order valence-electron chi connectivity index (χ3n) is 5.51. The highest BCUT2D eigenvalue weighted by Gasteiger charge is 2.14. The van der Waals surface area contributed by atoms with E-state index in [4.69, 9.17) is 9.47 Å². The largest absolute Gasteiger partial charge is 0.483 e. The van der Waals surface area contributed by atoms with Gasteiger partial charge < -0.3 is 14.8 Å². The predicted octanol–water partition coefficient (Wildman–Crippen LogP) is 3.73. The molecule has 1 fully saturated rings. The lowest BCUT2D eigenvalue weighted by atomic mass is 9.98. The summed E-state index contributed by atoms with van der Waals surface area (Å²) in [5, 5.41) is 3.00. The van der Waals surface area contributed by atoms with Gasteiger partial charge in [-0.2, -0.15) is 0 Å². The maximum atomic E-state index is 12.4.